The maximum Gasteiger partial charge on any atom is 0.327 e. The van der Waals surface area contributed by atoms with Crippen LogP contribution in [0.15, 0.2) is 23.1 Å². The molecule has 0 unspecified atom stereocenters. The minimum Gasteiger partial charge on any atom is -0.497 e. The van der Waals surface area contributed by atoms with E-state index in [0.29, 0.717) is 22.0 Å². The van der Waals surface area contributed by atoms with Crippen molar-refractivity contribution in [2.75, 3.05) is 14.2 Å². The van der Waals surface area contributed by atoms with Gasteiger partial charge in [-0.25, -0.2) is 4.79 Å². The average molecular weight is 381 g/mol. The Morgan fingerprint density at radius 1 is 1.32 bits per heavy atom. The Morgan fingerprint density at radius 2 is 2.00 bits per heavy atom. The number of benzene rings is 1. The third-order valence-electron chi connectivity index (χ3n) is 3.71. The average Bonchev–Trinajstić information content (AvgIpc) is 2.82. The number of carbonyl (C=O) groups is 2. The second kappa shape index (κ2) is 7.88. The van der Waals surface area contributed by atoms with Crippen molar-refractivity contribution < 1.29 is 24.2 Å². The third-order valence-corrected chi connectivity index (χ3v) is 5.04. The highest BCUT2D eigenvalue weighted by molar-refractivity contribution is 8.26. The van der Waals surface area contributed by atoms with Crippen LogP contribution in [-0.4, -0.2) is 46.5 Å². The summed E-state index contributed by atoms with van der Waals surface area (Å²) in [6.07, 6.45) is 1.64. The number of methoxy groups -OCH3 is 2. The predicted octanol–water partition coefficient (Wildman–Crippen LogP) is 3.01. The minimum atomic E-state index is -1.08. The number of hydrogen-bond donors (Lipinski definition) is 1. The van der Waals surface area contributed by atoms with Crippen LogP contribution in [0.5, 0.6) is 11.5 Å². The summed E-state index contributed by atoms with van der Waals surface area (Å²) in [6, 6.07) is 4.23. The van der Waals surface area contributed by atoms with E-state index in [1.807, 2.05) is 0 Å². The van der Waals surface area contributed by atoms with Crippen molar-refractivity contribution in [1.29, 1.82) is 0 Å². The Kier molecular flexibility index (Phi) is 6.07. The van der Waals surface area contributed by atoms with Crippen LogP contribution < -0.4 is 9.47 Å². The SMILES string of the molecule is COc1ccc(OC)c(C=C2SC(=S)N([C@H](C(=O)O)C(C)C)C2=O)c1. The van der Waals surface area contributed by atoms with E-state index in [4.69, 9.17) is 21.7 Å². The maximum absolute atomic E-state index is 12.7. The molecule has 0 aromatic heterocycles. The van der Waals surface area contributed by atoms with Gasteiger partial charge in [-0.2, -0.15) is 0 Å². The largest absolute Gasteiger partial charge is 0.497 e. The van der Waals surface area contributed by atoms with E-state index >= 15 is 0 Å². The smallest absolute Gasteiger partial charge is 0.327 e. The highest BCUT2D eigenvalue weighted by Gasteiger charge is 2.41. The van der Waals surface area contributed by atoms with Gasteiger partial charge < -0.3 is 14.6 Å². The first kappa shape index (κ1) is 19.3. The van der Waals surface area contributed by atoms with Crippen LogP contribution in [0.3, 0.4) is 0 Å². The zero-order chi connectivity index (χ0) is 18.7. The number of amides is 1. The van der Waals surface area contributed by atoms with Gasteiger partial charge >= 0.3 is 5.97 Å². The number of carbonyl (C=O) groups excluding carboxylic acids is 1. The standard InChI is InChI=1S/C17H19NO5S2/c1-9(2)14(16(20)21)18-15(19)13(25-17(18)24)8-10-7-11(22-3)5-6-12(10)23-4/h5-9,14H,1-4H3,(H,20,21)/t14-/m0/s1. The lowest BCUT2D eigenvalue weighted by molar-refractivity contribution is -0.146. The molecule has 1 atom stereocenters. The molecule has 1 saturated heterocycles. The van der Waals surface area contributed by atoms with Crippen LogP contribution in [0.1, 0.15) is 19.4 Å². The molecule has 1 heterocycles. The number of ether oxygens (including phenoxy) is 2. The first-order valence-corrected chi connectivity index (χ1v) is 8.74. The molecule has 1 aromatic carbocycles. The van der Waals surface area contributed by atoms with E-state index in [9.17, 15) is 14.7 Å². The first-order chi connectivity index (χ1) is 11.8. The number of aliphatic carboxylic acids is 1. The Balaban J connectivity index is 2.42. The van der Waals surface area contributed by atoms with Crippen molar-refractivity contribution >= 4 is 46.3 Å². The van der Waals surface area contributed by atoms with E-state index in [-0.39, 0.29) is 10.2 Å². The normalized spacial score (nSPS) is 17.3. The highest BCUT2D eigenvalue weighted by Crippen LogP contribution is 2.37. The summed E-state index contributed by atoms with van der Waals surface area (Å²) in [5.74, 6) is -0.573. The molecule has 0 spiro atoms. The quantitative estimate of drug-likeness (QED) is 0.599. The van der Waals surface area contributed by atoms with Gasteiger partial charge in [-0.15, -0.1) is 0 Å². The minimum absolute atomic E-state index is 0.235. The van der Waals surface area contributed by atoms with Crippen molar-refractivity contribution in [3.63, 3.8) is 0 Å². The molecule has 1 amide bonds. The van der Waals surface area contributed by atoms with E-state index in [1.165, 1.54) is 12.0 Å². The second-order valence-electron chi connectivity index (χ2n) is 5.69. The molecule has 0 radical (unpaired) electrons. The Bertz CT molecular complexity index is 745. The van der Waals surface area contributed by atoms with Crippen molar-refractivity contribution in [3.05, 3.63) is 28.7 Å². The monoisotopic (exact) mass is 381 g/mol. The van der Waals surface area contributed by atoms with Crippen molar-refractivity contribution in [3.8, 4) is 11.5 Å². The van der Waals surface area contributed by atoms with Crippen molar-refractivity contribution in [2.24, 2.45) is 5.92 Å². The number of thioether (sulfide) groups is 1. The summed E-state index contributed by atoms with van der Waals surface area (Å²) >= 11 is 6.33. The molecule has 0 aliphatic carbocycles. The van der Waals surface area contributed by atoms with E-state index in [0.717, 1.165) is 11.8 Å². The topological polar surface area (TPSA) is 76.1 Å². The van der Waals surface area contributed by atoms with Crippen molar-refractivity contribution in [2.45, 2.75) is 19.9 Å². The van der Waals surface area contributed by atoms with Gasteiger partial charge in [-0.05, 0) is 30.2 Å². The molecular weight excluding hydrogens is 362 g/mol. The molecule has 0 saturated carbocycles. The zero-order valence-electron chi connectivity index (χ0n) is 14.3. The predicted molar refractivity (Wildman–Crippen MR) is 101 cm³/mol. The van der Waals surface area contributed by atoms with Crippen LogP contribution in [0.4, 0.5) is 0 Å². The van der Waals surface area contributed by atoms with Gasteiger partial charge in [0.25, 0.3) is 5.91 Å². The lowest BCUT2D eigenvalue weighted by Gasteiger charge is -2.26. The van der Waals surface area contributed by atoms with Crippen LogP contribution in [0.25, 0.3) is 6.08 Å². The molecule has 0 bridgehead atoms. The van der Waals surface area contributed by atoms with Gasteiger partial charge in [-0.3, -0.25) is 9.69 Å². The molecule has 1 aromatic rings. The van der Waals surface area contributed by atoms with Crippen LogP contribution in [0.2, 0.25) is 0 Å². The third kappa shape index (κ3) is 3.96. The second-order valence-corrected chi connectivity index (χ2v) is 7.36. The van der Waals surface area contributed by atoms with Crippen LogP contribution in [0, 0.1) is 5.92 Å². The molecule has 25 heavy (non-hydrogen) atoms. The summed E-state index contributed by atoms with van der Waals surface area (Å²) in [5, 5.41) is 9.45. The summed E-state index contributed by atoms with van der Waals surface area (Å²) in [7, 11) is 3.08. The van der Waals surface area contributed by atoms with Gasteiger partial charge in [-0.1, -0.05) is 37.8 Å². The maximum atomic E-state index is 12.7. The summed E-state index contributed by atoms with van der Waals surface area (Å²) in [5.41, 5.74) is 0.652. The lowest BCUT2D eigenvalue weighted by atomic mass is 10.0. The molecule has 1 fully saturated rings. The van der Waals surface area contributed by atoms with E-state index in [1.54, 1.807) is 45.2 Å². The fourth-order valence-corrected chi connectivity index (χ4v) is 3.83. The Labute approximate surface area is 155 Å². The fraction of sp³-hybridized carbons (Fsp3) is 0.353. The molecule has 6 nitrogen and oxygen atoms in total. The molecule has 1 aliphatic rings. The number of hydrogen-bond acceptors (Lipinski definition) is 6. The van der Waals surface area contributed by atoms with Crippen LogP contribution >= 0.6 is 24.0 Å². The lowest BCUT2D eigenvalue weighted by Crippen LogP contribution is -2.47. The summed E-state index contributed by atoms with van der Waals surface area (Å²) in [6.45, 7) is 3.48. The van der Waals surface area contributed by atoms with E-state index in [2.05, 4.69) is 0 Å². The highest BCUT2D eigenvalue weighted by atomic mass is 32.2. The van der Waals surface area contributed by atoms with Gasteiger partial charge in [0.15, 0.2) is 0 Å². The summed E-state index contributed by atoms with van der Waals surface area (Å²) in [4.78, 5) is 25.8. The van der Waals surface area contributed by atoms with Gasteiger partial charge in [0.05, 0.1) is 19.1 Å². The number of carboxylic acids is 1. The van der Waals surface area contributed by atoms with Crippen molar-refractivity contribution in [1.82, 2.24) is 4.90 Å². The Hall–Kier alpha value is -2.06. The molecule has 1 N–H and O–H groups in total. The first-order valence-electron chi connectivity index (χ1n) is 7.52. The molecule has 134 valence electrons. The Morgan fingerprint density at radius 3 is 2.52 bits per heavy atom. The number of nitrogens with zero attached hydrogens (tertiary/aromatic N) is 1. The van der Waals surface area contributed by atoms with Gasteiger partial charge in [0.1, 0.15) is 21.9 Å². The van der Waals surface area contributed by atoms with Crippen LogP contribution in [-0.2, 0) is 9.59 Å². The molecule has 1 aliphatic heterocycles. The van der Waals surface area contributed by atoms with E-state index < -0.39 is 17.9 Å². The number of thiocarbonyl (C=S) groups is 1. The molecule has 8 heteroatoms. The zero-order valence-corrected chi connectivity index (χ0v) is 15.9. The number of carboxylic acid groups (broad SMARTS) is 1. The molecular formula is C17H19NO5S2. The molecule has 2 rings (SSSR count). The van der Waals surface area contributed by atoms with Gasteiger partial charge in [0, 0.05) is 5.56 Å². The number of rotatable bonds is 6. The van der Waals surface area contributed by atoms with Gasteiger partial charge in [0.2, 0.25) is 0 Å². The fourth-order valence-electron chi connectivity index (χ4n) is 2.51. The summed E-state index contributed by atoms with van der Waals surface area (Å²) < 4.78 is 10.7.